The van der Waals surface area contributed by atoms with Gasteiger partial charge in [-0.25, -0.2) is 8.78 Å². The van der Waals surface area contributed by atoms with E-state index in [-0.39, 0.29) is 0 Å². The quantitative estimate of drug-likeness (QED) is 0.465. The number of rotatable bonds is 0. The van der Waals surface area contributed by atoms with Crippen LogP contribution >= 0.6 is 0 Å². The number of aryl methyl sites for hydroxylation is 2. The summed E-state index contributed by atoms with van der Waals surface area (Å²) < 4.78 is 29.1. The molecule has 104 valence electrons. The SMILES string of the molecule is Cc1c2ccncc2cc2c3cc(F)c(F)cc3n(C)c12. The molecule has 2 heterocycles. The first-order valence-corrected chi connectivity index (χ1v) is 6.68. The van der Waals surface area contributed by atoms with Gasteiger partial charge in [0.1, 0.15) is 0 Å². The summed E-state index contributed by atoms with van der Waals surface area (Å²) in [6, 6.07) is 6.48. The summed E-state index contributed by atoms with van der Waals surface area (Å²) in [5.41, 5.74) is 2.77. The number of aromatic nitrogens is 2. The topological polar surface area (TPSA) is 17.8 Å². The van der Waals surface area contributed by atoms with Gasteiger partial charge >= 0.3 is 0 Å². The van der Waals surface area contributed by atoms with E-state index in [9.17, 15) is 8.78 Å². The third-order valence-corrected chi connectivity index (χ3v) is 4.19. The second-order valence-corrected chi connectivity index (χ2v) is 5.34. The third-order valence-electron chi connectivity index (χ3n) is 4.19. The van der Waals surface area contributed by atoms with Crippen LogP contribution < -0.4 is 0 Å². The highest BCUT2D eigenvalue weighted by atomic mass is 19.2. The number of hydrogen-bond donors (Lipinski definition) is 0. The maximum Gasteiger partial charge on any atom is 0.160 e. The van der Waals surface area contributed by atoms with Gasteiger partial charge < -0.3 is 4.57 Å². The van der Waals surface area contributed by atoms with E-state index >= 15 is 0 Å². The summed E-state index contributed by atoms with van der Waals surface area (Å²) in [7, 11) is 1.88. The molecule has 0 fully saturated rings. The largest absolute Gasteiger partial charge is 0.343 e. The zero-order valence-electron chi connectivity index (χ0n) is 11.6. The molecule has 21 heavy (non-hydrogen) atoms. The fourth-order valence-corrected chi connectivity index (χ4v) is 3.20. The van der Waals surface area contributed by atoms with E-state index in [0.717, 1.165) is 32.6 Å². The van der Waals surface area contributed by atoms with Crippen LogP contribution in [-0.2, 0) is 7.05 Å². The number of benzene rings is 2. The molecule has 0 saturated carbocycles. The minimum Gasteiger partial charge on any atom is -0.343 e. The van der Waals surface area contributed by atoms with E-state index in [2.05, 4.69) is 4.98 Å². The van der Waals surface area contributed by atoms with Gasteiger partial charge in [-0.3, -0.25) is 4.98 Å². The smallest absolute Gasteiger partial charge is 0.160 e. The molecule has 4 aromatic rings. The second-order valence-electron chi connectivity index (χ2n) is 5.34. The van der Waals surface area contributed by atoms with Crippen LogP contribution in [-0.4, -0.2) is 9.55 Å². The van der Waals surface area contributed by atoms with Crippen molar-refractivity contribution in [2.45, 2.75) is 6.92 Å². The van der Waals surface area contributed by atoms with Crippen LogP contribution in [0.1, 0.15) is 5.56 Å². The third kappa shape index (κ3) is 1.53. The molecule has 2 nitrogen and oxygen atoms in total. The number of hydrogen-bond acceptors (Lipinski definition) is 1. The lowest BCUT2D eigenvalue weighted by atomic mass is 10.0. The van der Waals surface area contributed by atoms with Crippen LogP contribution in [0.5, 0.6) is 0 Å². The van der Waals surface area contributed by atoms with Crippen LogP contribution in [0.4, 0.5) is 8.78 Å². The normalized spacial score (nSPS) is 11.8. The Labute approximate surface area is 119 Å². The molecule has 0 aliphatic heterocycles. The summed E-state index contributed by atoms with van der Waals surface area (Å²) in [5.74, 6) is -1.64. The van der Waals surface area contributed by atoms with Gasteiger partial charge in [0.25, 0.3) is 0 Å². The van der Waals surface area contributed by atoms with Crippen molar-refractivity contribution >= 4 is 32.6 Å². The Kier molecular flexibility index (Phi) is 2.34. The Balaban J connectivity index is 2.33. The average molecular weight is 282 g/mol. The highest BCUT2D eigenvalue weighted by Gasteiger charge is 2.15. The Bertz CT molecular complexity index is 1030. The first-order valence-electron chi connectivity index (χ1n) is 6.68. The fourth-order valence-electron chi connectivity index (χ4n) is 3.20. The van der Waals surface area contributed by atoms with Gasteiger partial charge in [0.15, 0.2) is 11.6 Å². The van der Waals surface area contributed by atoms with Crippen molar-refractivity contribution in [3.05, 3.63) is 53.9 Å². The van der Waals surface area contributed by atoms with Crippen molar-refractivity contribution in [1.29, 1.82) is 0 Å². The minimum atomic E-state index is -0.822. The van der Waals surface area contributed by atoms with E-state index in [1.807, 2.05) is 30.7 Å². The Hall–Kier alpha value is -2.49. The van der Waals surface area contributed by atoms with Crippen LogP contribution in [0.15, 0.2) is 36.7 Å². The average Bonchev–Trinajstić information content (AvgIpc) is 2.73. The molecule has 0 aliphatic carbocycles. The highest BCUT2D eigenvalue weighted by Crippen LogP contribution is 2.35. The molecular weight excluding hydrogens is 270 g/mol. The van der Waals surface area contributed by atoms with Crippen LogP contribution in [0, 0.1) is 18.6 Å². The molecular formula is C17H12F2N2. The first kappa shape index (κ1) is 12.3. The molecule has 0 saturated heterocycles. The lowest BCUT2D eigenvalue weighted by Gasteiger charge is -2.06. The predicted octanol–water partition coefficient (Wildman–Crippen LogP) is 4.47. The van der Waals surface area contributed by atoms with Gasteiger partial charge in [-0.2, -0.15) is 0 Å². The zero-order chi connectivity index (χ0) is 14.7. The summed E-state index contributed by atoms with van der Waals surface area (Å²) >= 11 is 0. The molecule has 0 radical (unpaired) electrons. The second kappa shape index (κ2) is 4.01. The molecule has 0 spiro atoms. The molecule has 4 heteroatoms. The predicted molar refractivity (Wildman–Crippen MR) is 80.4 cm³/mol. The van der Waals surface area contributed by atoms with Crippen LogP contribution in [0.2, 0.25) is 0 Å². The first-order chi connectivity index (χ1) is 10.1. The van der Waals surface area contributed by atoms with Crippen molar-refractivity contribution in [2.75, 3.05) is 0 Å². The fraction of sp³-hybridized carbons (Fsp3) is 0.118. The van der Waals surface area contributed by atoms with E-state index in [1.54, 1.807) is 12.4 Å². The number of pyridine rings is 1. The zero-order valence-corrected chi connectivity index (χ0v) is 11.6. The van der Waals surface area contributed by atoms with Crippen molar-refractivity contribution in [3.63, 3.8) is 0 Å². The molecule has 0 aliphatic rings. The lowest BCUT2D eigenvalue weighted by Crippen LogP contribution is -1.91. The monoisotopic (exact) mass is 282 g/mol. The van der Waals surface area contributed by atoms with Crippen LogP contribution in [0.3, 0.4) is 0 Å². The van der Waals surface area contributed by atoms with E-state index in [0.29, 0.717) is 5.52 Å². The van der Waals surface area contributed by atoms with E-state index in [4.69, 9.17) is 0 Å². The van der Waals surface area contributed by atoms with Gasteiger partial charge in [0.2, 0.25) is 0 Å². The molecule has 0 atom stereocenters. The van der Waals surface area contributed by atoms with Gasteiger partial charge in [0.05, 0.1) is 11.0 Å². The summed E-state index contributed by atoms with van der Waals surface area (Å²) in [5, 5.41) is 3.74. The maximum atomic E-state index is 13.6. The van der Waals surface area contributed by atoms with Crippen molar-refractivity contribution in [2.24, 2.45) is 7.05 Å². The molecule has 0 amide bonds. The van der Waals surface area contributed by atoms with Crippen molar-refractivity contribution in [3.8, 4) is 0 Å². The summed E-state index contributed by atoms with van der Waals surface area (Å²) in [4.78, 5) is 4.14. The molecule has 0 bridgehead atoms. The van der Waals surface area contributed by atoms with Gasteiger partial charge in [-0.1, -0.05) is 0 Å². The number of halogens is 2. The number of fused-ring (bicyclic) bond motifs is 4. The number of nitrogens with zero attached hydrogens (tertiary/aromatic N) is 2. The molecule has 0 unspecified atom stereocenters. The highest BCUT2D eigenvalue weighted by molar-refractivity contribution is 6.14. The van der Waals surface area contributed by atoms with Crippen molar-refractivity contribution < 1.29 is 8.78 Å². The summed E-state index contributed by atoms with van der Waals surface area (Å²) in [6.45, 7) is 2.02. The standard InChI is InChI=1S/C17H12F2N2/c1-9-11-3-4-20-8-10(11)5-13-12-6-14(18)15(19)7-16(12)21(2)17(9)13/h3-8H,1-2H3. The van der Waals surface area contributed by atoms with Gasteiger partial charge in [-0.05, 0) is 36.1 Å². The Morgan fingerprint density at radius 1 is 1.00 bits per heavy atom. The minimum absolute atomic E-state index is 0.690. The Morgan fingerprint density at radius 2 is 1.76 bits per heavy atom. The van der Waals surface area contributed by atoms with Gasteiger partial charge in [0, 0.05) is 41.7 Å². The van der Waals surface area contributed by atoms with E-state index in [1.165, 1.54) is 12.1 Å². The molecule has 2 aromatic carbocycles. The molecule has 4 rings (SSSR count). The molecule has 0 N–H and O–H groups in total. The lowest BCUT2D eigenvalue weighted by molar-refractivity contribution is 0.510. The Morgan fingerprint density at radius 3 is 2.57 bits per heavy atom. The van der Waals surface area contributed by atoms with E-state index < -0.39 is 11.6 Å². The van der Waals surface area contributed by atoms with Crippen LogP contribution in [0.25, 0.3) is 32.6 Å². The molecule has 2 aromatic heterocycles. The van der Waals surface area contributed by atoms with Gasteiger partial charge in [-0.15, -0.1) is 0 Å². The maximum absolute atomic E-state index is 13.6. The summed E-state index contributed by atoms with van der Waals surface area (Å²) in [6.07, 6.45) is 3.55. The van der Waals surface area contributed by atoms with Crippen molar-refractivity contribution in [1.82, 2.24) is 9.55 Å².